The lowest BCUT2D eigenvalue weighted by atomic mass is 9.92. The number of piperidine rings is 1. The number of ether oxygens (including phenoxy) is 1. The van der Waals surface area contributed by atoms with Crippen molar-refractivity contribution in [2.45, 2.75) is 52.1 Å². The summed E-state index contributed by atoms with van der Waals surface area (Å²) < 4.78 is 5.54. The molecule has 0 N–H and O–H groups in total. The van der Waals surface area contributed by atoms with Crippen molar-refractivity contribution in [1.29, 1.82) is 0 Å². The van der Waals surface area contributed by atoms with Gasteiger partial charge in [-0.15, -0.1) is 0 Å². The Morgan fingerprint density at radius 1 is 1.20 bits per heavy atom. The largest absolute Gasteiger partial charge is 0.379 e. The van der Waals surface area contributed by atoms with Gasteiger partial charge < -0.3 is 9.64 Å². The predicted molar refractivity (Wildman–Crippen MR) is 65.2 cm³/mol. The molecule has 0 amide bonds. The molecule has 0 unspecified atom stereocenters. The molecule has 90 valence electrons. The van der Waals surface area contributed by atoms with Gasteiger partial charge in [0.1, 0.15) is 0 Å². The summed E-state index contributed by atoms with van der Waals surface area (Å²) in [5.74, 6) is 0.986. The minimum atomic E-state index is 0.397. The molecule has 2 heteroatoms. The van der Waals surface area contributed by atoms with Gasteiger partial charge in [0.05, 0.1) is 6.10 Å². The summed E-state index contributed by atoms with van der Waals surface area (Å²) in [6.45, 7) is 7.76. The molecule has 1 fully saturated rings. The summed E-state index contributed by atoms with van der Waals surface area (Å²) in [5, 5.41) is 0. The van der Waals surface area contributed by atoms with E-state index >= 15 is 0 Å². The Kier molecular flexibility index (Phi) is 6.26. The summed E-state index contributed by atoms with van der Waals surface area (Å²) in [6.07, 6.45) is 7.21. The molecule has 2 nitrogen and oxygen atoms in total. The maximum Gasteiger partial charge on any atom is 0.0518 e. The van der Waals surface area contributed by atoms with Crippen molar-refractivity contribution in [3.05, 3.63) is 0 Å². The average Bonchev–Trinajstić information content (AvgIpc) is 2.20. The number of nitrogens with zero attached hydrogens (tertiary/aromatic N) is 1. The van der Waals surface area contributed by atoms with E-state index in [-0.39, 0.29) is 0 Å². The Morgan fingerprint density at radius 2 is 1.87 bits per heavy atom. The number of rotatable bonds is 6. The van der Waals surface area contributed by atoms with E-state index in [9.17, 15) is 0 Å². The standard InChI is InChI=1S/C13H27NO/c1-12(2)15-11-5-4-6-13-7-9-14(3)10-8-13/h12-13H,4-11H2,1-3H3. The predicted octanol–water partition coefficient (Wildman–Crippen LogP) is 2.92. The fourth-order valence-electron chi connectivity index (χ4n) is 2.20. The van der Waals surface area contributed by atoms with Crippen molar-refractivity contribution < 1.29 is 4.74 Å². The molecule has 1 aliphatic heterocycles. The fourth-order valence-corrected chi connectivity index (χ4v) is 2.20. The smallest absolute Gasteiger partial charge is 0.0518 e. The third-order valence-corrected chi connectivity index (χ3v) is 3.30. The second-order valence-electron chi connectivity index (χ2n) is 5.16. The first-order chi connectivity index (χ1) is 7.18. The van der Waals surface area contributed by atoms with Gasteiger partial charge in [-0.1, -0.05) is 12.8 Å². The minimum absolute atomic E-state index is 0.397. The van der Waals surface area contributed by atoms with E-state index in [2.05, 4.69) is 25.8 Å². The maximum atomic E-state index is 5.54. The van der Waals surface area contributed by atoms with Gasteiger partial charge in [0.25, 0.3) is 0 Å². The second-order valence-corrected chi connectivity index (χ2v) is 5.16. The summed E-state index contributed by atoms with van der Waals surface area (Å²) >= 11 is 0. The van der Waals surface area contributed by atoms with Crippen molar-refractivity contribution in [2.75, 3.05) is 26.7 Å². The number of hydrogen-bond donors (Lipinski definition) is 0. The van der Waals surface area contributed by atoms with E-state index in [1.165, 1.54) is 45.2 Å². The number of unbranched alkanes of at least 4 members (excludes halogenated alkanes) is 1. The molecule has 0 saturated carbocycles. The Balaban J connectivity index is 1.91. The second kappa shape index (κ2) is 7.24. The zero-order valence-electron chi connectivity index (χ0n) is 10.7. The Bertz CT molecular complexity index is 151. The Hall–Kier alpha value is -0.0800. The van der Waals surface area contributed by atoms with Crippen LogP contribution in [0.2, 0.25) is 0 Å². The number of likely N-dealkylation sites (tertiary alicyclic amines) is 1. The molecule has 1 aliphatic rings. The van der Waals surface area contributed by atoms with Gasteiger partial charge in [-0.05, 0) is 59.2 Å². The fraction of sp³-hybridized carbons (Fsp3) is 1.00. The van der Waals surface area contributed by atoms with Gasteiger partial charge in [0.15, 0.2) is 0 Å². The van der Waals surface area contributed by atoms with Crippen molar-refractivity contribution >= 4 is 0 Å². The van der Waals surface area contributed by atoms with Crippen LogP contribution in [0.3, 0.4) is 0 Å². The van der Waals surface area contributed by atoms with Crippen LogP contribution in [0.25, 0.3) is 0 Å². The highest BCUT2D eigenvalue weighted by atomic mass is 16.5. The molecule has 0 spiro atoms. The molecule has 1 saturated heterocycles. The lowest BCUT2D eigenvalue weighted by Crippen LogP contribution is -2.30. The van der Waals surface area contributed by atoms with E-state index in [0.717, 1.165) is 12.5 Å². The molecule has 1 heterocycles. The molecule has 0 aromatic rings. The van der Waals surface area contributed by atoms with Crippen molar-refractivity contribution in [3.63, 3.8) is 0 Å². The molecule has 0 aromatic carbocycles. The van der Waals surface area contributed by atoms with Crippen molar-refractivity contribution in [3.8, 4) is 0 Å². The van der Waals surface area contributed by atoms with Gasteiger partial charge in [0.2, 0.25) is 0 Å². The first-order valence-corrected chi connectivity index (χ1v) is 6.48. The van der Waals surface area contributed by atoms with Crippen molar-refractivity contribution in [1.82, 2.24) is 4.90 Å². The maximum absolute atomic E-state index is 5.54. The van der Waals surface area contributed by atoms with E-state index in [0.29, 0.717) is 6.10 Å². The van der Waals surface area contributed by atoms with Crippen LogP contribution in [-0.2, 0) is 4.74 Å². The molecule has 0 atom stereocenters. The summed E-state index contributed by atoms with van der Waals surface area (Å²) in [5.41, 5.74) is 0. The zero-order valence-corrected chi connectivity index (χ0v) is 10.7. The molecule has 1 rings (SSSR count). The van der Waals surface area contributed by atoms with E-state index < -0.39 is 0 Å². The van der Waals surface area contributed by atoms with Gasteiger partial charge in [-0.3, -0.25) is 0 Å². The topological polar surface area (TPSA) is 12.5 Å². The Morgan fingerprint density at radius 3 is 2.47 bits per heavy atom. The summed E-state index contributed by atoms with van der Waals surface area (Å²) in [4.78, 5) is 2.44. The Labute approximate surface area is 95.0 Å². The summed E-state index contributed by atoms with van der Waals surface area (Å²) in [6, 6.07) is 0. The SMILES string of the molecule is CC(C)OCCCCC1CCN(C)CC1. The molecule has 0 radical (unpaired) electrons. The van der Waals surface area contributed by atoms with Crippen LogP contribution in [0, 0.1) is 5.92 Å². The highest BCUT2D eigenvalue weighted by molar-refractivity contribution is 4.69. The average molecular weight is 213 g/mol. The molecular weight excluding hydrogens is 186 g/mol. The first kappa shape index (κ1) is 13.0. The van der Waals surface area contributed by atoms with Gasteiger partial charge in [-0.2, -0.15) is 0 Å². The van der Waals surface area contributed by atoms with E-state index in [1.807, 2.05) is 0 Å². The molecule has 15 heavy (non-hydrogen) atoms. The minimum Gasteiger partial charge on any atom is -0.379 e. The lowest BCUT2D eigenvalue weighted by Gasteiger charge is -2.28. The van der Waals surface area contributed by atoms with Crippen LogP contribution >= 0.6 is 0 Å². The van der Waals surface area contributed by atoms with Crippen LogP contribution in [0.15, 0.2) is 0 Å². The van der Waals surface area contributed by atoms with Crippen LogP contribution in [0.4, 0.5) is 0 Å². The van der Waals surface area contributed by atoms with Crippen LogP contribution < -0.4 is 0 Å². The first-order valence-electron chi connectivity index (χ1n) is 6.48. The molecule has 0 bridgehead atoms. The third kappa shape index (κ3) is 6.16. The van der Waals surface area contributed by atoms with Crippen molar-refractivity contribution in [2.24, 2.45) is 5.92 Å². The van der Waals surface area contributed by atoms with E-state index in [1.54, 1.807) is 0 Å². The van der Waals surface area contributed by atoms with Gasteiger partial charge in [-0.25, -0.2) is 0 Å². The number of hydrogen-bond acceptors (Lipinski definition) is 2. The van der Waals surface area contributed by atoms with Crippen LogP contribution in [-0.4, -0.2) is 37.7 Å². The highest BCUT2D eigenvalue weighted by Crippen LogP contribution is 2.21. The lowest BCUT2D eigenvalue weighted by molar-refractivity contribution is 0.0744. The van der Waals surface area contributed by atoms with Gasteiger partial charge >= 0.3 is 0 Å². The molecule has 0 aliphatic carbocycles. The zero-order chi connectivity index (χ0) is 11.1. The summed E-state index contributed by atoms with van der Waals surface area (Å²) in [7, 11) is 2.23. The molecular formula is C13H27NO. The monoisotopic (exact) mass is 213 g/mol. The highest BCUT2D eigenvalue weighted by Gasteiger charge is 2.15. The van der Waals surface area contributed by atoms with Gasteiger partial charge in [0, 0.05) is 6.61 Å². The quantitative estimate of drug-likeness (QED) is 0.629. The molecule has 0 aromatic heterocycles. The van der Waals surface area contributed by atoms with E-state index in [4.69, 9.17) is 4.74 Å². The van der Waals surface area contributed by atoms with Crippen LogP contribution in [0.1, 0.15) is 46.0 Å². The third-order valence-electron chi connectivity index (χ3n) is 3.30. The van der Waals surface area contributed by atoms with Crippen LogP contribution in [0.5, 0.6) is 0 Å². The normalized spacial score (nSPS) is 20.0.